The normalized spacial score (nSPS) is 15.0. The molecule has 3 heterocycles. The fourth-order valence-corrected chi connectivity index (χ4v) is 3.36. The predicted octanol–water partition coefficient (Wildman–Crippen LogP) is 0.163. The minimum absolute atomic E-state index is 0.0597. The third kappa shape index (κ3) is 5.23. The molecule has 0 aliphatic carbocycles. The SMILES string of the molecule is CCOC(=O)c1cnn(C)c1NC(=O)CN1CCC(NC(=O)c2cnn(C)c2)CC1. The molecule has 0 spiro atoms. The Bertz CT molecular complexity index is 912. The minimum atomic E-state index is -0.522. The number of rotatable bonds is 7. The Morgan fingerprint density at radius 1 is 1.17 bits per heavy atom. The Balaban J connectivity index is 1.47. The van der Waals surface area contributed by atoms with Gasteiger partial charge in [0.2, 0.25) is 5.91 Å². The smallest absolute Gasteiger partial charge is 0.343 e. The average Bonchev–Trinajstić information content (AvgIpc) is 3.30. The van der Waals surface area contributed by atoms with E-state index < -0.39 is 5.97 Å². The summed E-state index contributed by atoms with van der Waals surface area (Å²) in [5.41, 5.74) is 0.761. The van der Waals surface area contributed by atoms with E-state index in [2.05, 4.69) is 20.8 Å². The van der Waals surface area contributed by atoms with Gasteiger partial charge >= 0.3 is 5.97 Å². The summed E-state index contributed by atoms with van der Waals surface area (Å²) >= 11 is 0. The molecule has 0 unspecified atom stereocenters. The van der Waals surface area contributed by atoms with Crippen LogP contribution >= 0.6 is 0 Å². The molecule has 0 bridgehead atoms. The molecule has 30 heavy (non-hydrogen) atoms. The van der Waals surface area contributed by atoms with Crippen LogP contribution in [0.4, 0.5) is 5.82 Å². The summed E-state index contributed by atoms with van der Waals surface area (Å²) in [5, 5.41) is 13.8. The molecule has 162 valence electrons. The van der Waals surface area contributed by atoms with Crippen molar-refractivity contribution in [2.45, 2.75) is 25.8 Å². The van der Waals surface area contributed by atoms with Crippen molar-refractivity contribution in [2.24, 2.45) is 14.1 Å². The third-order valence-electron chi connectivity index (χ3n) is 4.95. The van der Waals surface area contributed by atoms with E-state index in [0.717, 1.165) is 12.8 Å². The number of nitrogens with one attached hydrogen (secondary N) is 2. The van der Waals surface area contributed by atoms with Crippen LogP contribution in [-0.4, -0.2) is 74.5 Å². The van der Waals surface area contributed by atoms with Gasteiger partial charge in [0, 0.05) is 39.4 Å². The quantitative estimate of drug-likeness (QED) is 0.615. The lowest BCUT2D eigenvalue weighted by Gasteiger charge is -2.31. The van der Waals surface area contributed by atoms with Crippen LogP contribution < -0.4 is 10.6 Å². The van der Waals surface area contributed by atoms with E-state index in [0.29, 0.717) is 24.5 Å². The van der Waals surface area contributed by atoms with Gasteiger partial charge in [-0.3, -0.25) is 23.9 Å². The van der Waals surface area contributed by atoms with Crippen molar-refractivity contribution in [2.75, 3.05) is 31.6 Å². The maximum Gasteiger partial charge on any atom is 0.343 e. The highest BCUT2D eigenvalue weighted by molar-refractivity contribution is 6.00. The number of likely N-dealkylation sites (tertiary alicyclic amines) is 1. The number of carbonyl (C=O) groups excluding carboxylic acids is 3. The summed E-state index contributed by atoms with van der Waals surface area (Å²) < 4.78 is 8.02. The average molecular weight is 417 g/mol. The first-order valence-electron chi connectivity index (χ1n) is 9.88. The second-order valence-electron chi connectivity index (χ2n) is 7.23. The molecular formula is C19H27N7O4. The Morgan fingerprint density at radius 2 is 1.90 bits per heavy atom. The largest absolute Gasteiger partial charge is 0.462 e. The van der Waals surface area contributed by atoms with Gasteiger partial charge in [-0.05, 0) is 19.8 Å². The zero-order valence-electron chi connectivity index (χ0n) is 17.4. The lowest BCUT2D eigenvalue weighted by atomic mass is 10.0. The monoisotopic (exact) mass is 417 g/mol. The summed E-state index contributed by atoms with van der Waals surface area (Å²) in [7, 11) is 3.41. The van der Waals surface area contributed by atoms with Crippen LogP contribution in [0.3, 0.4) is 0 Å². The second kappa shape index (κ2) is 9.53. The Hall–Kier alpha value is -3.21. The molecule has 2 aromatic rings. The summed E-state index contributed by atoms with van der Waals surface area (Å²) in [6.45, 7) is 3.52. The molecule has 0 atom stereocenters. The molecule has 1 saturated heterocycles. The van der Waals surface area contributed by atoms with Gasteiger partial charge < -0.3 is 15.4 Å². The van der Waals surface area contributed by atoms with Crippen LogP contribution in [0.15, 0.2) is 18.6 Å². The highest BCUT2D eigenvalue weighted by Gasteiger charge is 2.24. The number of hydrogen-bond acceptors (Lipinski definition) is 7. The molecule has 1 fully saturated rings. The van der Waals surface area contributed by atoms with E-state index in [1.54, 1.807) is 31.9 Å². The van der Waals surface area contributed by atoms with Gasteiger partial charge in [0.25, 0.3) is 5.91 Å². The second-order valence-corrected chi connectivity index (χ2v) is 7.23. The molecule has 1 aliphatic rings. The van der Waals surface area contributed by atoms with Crippen LogP contribution in [-0.2, 0) is 23.6 Å². The van der Waals surface area contributed by atoms with Gasteiger partial charge in [-0.1, -0.05) is 0 Å². The molecule has 2 amide bonds. The topological polar surface area (TPSA) is 123 Å². The summed E-state index contributed by atoms with van der Waals surface area (Å²) in [6, 6.07) is 0.0597. The van der Waals surface area contributed by atoms with Crippen molar-refractivity contribution in [1.82, 2.24) is 29.8 Å². The number of amides is 2. The molecule has 0 aromatic carbocycles. The van der Waals surface area contributed by atoms with Crippen molar-refractivity contribution in [1.29, 1.82) is 0 Å². The summed E-state index contributed by atoms with van der Waals surface area (Å²) in [6.07, 6.45) is 6.09. The van der Waals surface area contributed by atoms with Gasteiger partial charge in [0.15, 0.2) is 0 Å². The molecule has 11 nitrogen and oxygen atoms in total. The number of aryl methyl sites for hydroxylation is 2. The highest BCUT2D eigenvalue weighted by atomic mass is 16.5. The number of ether oxygens (including phenoxy) is 1. The van der Waals surface area contributed by atoms with Crippen LogP contribution in [0.1, 0.15) is 40.5 Å². The number of carbonyl (C=O) groups is 3. The van der Waals surface area contributed by atoms with Gasteiger partial charge in [-0.2, -0.15) is 10.2 Å². The number of nitrogens with zero attached hydrogens (tertiary/aromatic N) is 5. The number of anilines is 1. The van der Waals surface area contributed by atoms with Gasteiger partial charge in [0.1, 0.15) is 11.4 Å². The number of aromatic nitrogens is 4. The minimum Gasteiger partial charge on any atom is -0.462 e. The van der Waals surface area contributed by atoms with Crippen molar-refractivity contribution in [3.05, 3.63) is 29.7 Å². The first-order valence-corrected chi connectivity index (χ1v) is 9.88. The molecule has 0 radical (unpaired) electrons. The molecule has 3 rings (SSSR count). The van der Waals surface area contributed by atoms with E-state index in [9.17, 15) is 14.4 Å². The fraction of sp³-hybridized carbons (Fsp3) is 0.526. The zero-order chi connectivity index (χ0) is 21.7. The molecular weight excluding hydrogens is 390 g/mol. The number of esters is 1. The third-order valence-corrected chi connectivity index (χ3v) is 4.95. The summed E-state index contributed by atoms with van der Waals surface area (Å²) in [4.78, 5) is 38.7. The lowest BCUT2D eigenvalue weighted by Crippen LogP contribution is -2.46. The standard InChI is InChI=1S/C19H27N7O4/c1-4-30-19(29)15-10-21-25(3)17(15)23-16(27)12-26-7-5-14(6-8-26)22-18(28)13-9-20-24(2)11-13/h9-11,14H,4-8,12H2,1-3H3,(H,22,28)(H,23,27). The van der Waals surface area contributed by atoms with Gasteiger partial charge in [0.05, 0.1) is 31.1 Å². The zero-order valence-corrected chi connectivity index (χ0v) is 17.4. The maximum atomic E-state index is 12.5. The molecule has 11 heteroatoms. The fourth-order valence-electron chi connectivity index (χ4n) is 3.36. The predicted molar refractivity (Wildman–Crippen MR) is 108 cm³/mol. The van der Waals surface area contributed by atoms with Gasteiger partial charge in [-0.25, -0.2) is 4.79 Å². The van der Waals surface area contributed by atoms with Crippen molar-refractivity contribution in [3.63, 3.8) is 0 Å². The van der Waals surface area contributed by atoms with Crippen molar-refractivity contribution >= 4 is 23.6 Å². The molecule has 2 aromatic heterocycles. The van der Waals surface area contributed by atoms with E-state index in [1.807, 2.05) is 4.90 Å². The Morgan fingerprint density at radius 3 is 2.53 bits per heavy atom. The molecule has 0 saturated carbocycles. The Labute approximate surface area is 174 Å². The van der Waals surface area contributed by atoms with E-state index >= 15 is 0 Å². The summed E-state index contributed by atoms with van der Waals surface area (Å²) in [5.74, 6) is -0.577. The van der Waals surface area contributed by atoms with Crippen LogP contribution in [0.2, 0.25) is 0 Å². The molecule has 2 N–H and O–H groups in total. The van der Waals surface area contributed by atoms with Gasteiger partial charge in [-0.15, -0.1) is 0 Å². The van der Waals surface area contributed by atoms with E-state index in [4.69, 9.17) is 4.74 Å². The van der Waals surface area contributed by atoms with E-state index in [1.165, 1.54) is 17.1 Å². The number of hydrogen-bond donors (Lipinski definition) is 2. The van der Waals surface area contributed by atoms with Crippen LogP contribution in [0.5, 0.6) is 0 Å². The lowest BCUT2D eigenvalue weighted by molar-refractivity contribution is -0.117. The maximum absolute atomic E-state index is 12.5. The highest BCUT2D eigenvalue weighted by Crippen LogP contribution is 2.16. The molecule has 1 aliphatic heterocycles. The van der Waals surface area contributed by atoms with Crippen LogP contribution in [0.25, 0.3) is 0 Å². The number of piperidine rings is 1. The van der Waals surface area contributed by atoms with Crippen molar-refractivity contribution in [3.8, 4) is 0 Å². The first-order chi connectivity index (χ1) is 14.4. The van der Waals surface area contributed by atoms with E-state index in [-0.39, 0.29) is 36.6 Å². The first kappa shape index (κ1) is 21.5. The van der Waals surface area contributed by atoms with Crippen molar-refractivity contribution < 1.29 is 19.1 Å². The Kier molecular flexibility index (Phi) is 6.83. The van der Waals surface area contributed by atoms with Crippen LogP contribution in [0, 0.1) is 0 Å².